The minimum Gasteiger partial charge on any atom is -0.486 e. The van der Waals surface area contributed by atoms with Crippen LogP contribution in [0.25, 0.3) is 5.78 Å². The zero-order chi connectivity index (χ0) is 16.5. The Morgan fingerprint density at radius 2 is 2.08 bits per heavy atom. The SMILES string of the molecule is Cc1ccnc2nc(C(=O)NCc3ccc4c(c3)OCCO4)nn12. The van der Waals surface area contributed by atoms with Gasteiger partial charge in [0, 0.05) is 18.4 Å². The Morgan fingerprint density at radius 3 is 2.92 bits per heavy atom. The highest BCUT2D eigenvalue weighted by Crippen LogP contribution is 2.30. The van der Waals surface area contributed by atoms with Gasteiger partial charge >= 0.3 is 0 Å². The summed E-state index contributed by atoms with van der Waals surface area (Å²) in [5, 5.41) is 6.98. The molecule has 0 spiro atoms. The zero-order valence-electron chi connectivity index (χ0n) is 13.0. The average molecular weight is 325 g/mol. The van der Waals surface area contributed by atoms with Crippen molar-refractivity contribution in [3.8, 4) is 11.5 Å². The lowest BCUT2D eigenvalue weighted by Crippen LogP contribution is -2.24. The molecule has 0 saturated heterocycles. The van der Waals surface area contributed by atoms with Crippen LogP contribution in [0.15, 0.2) is 30.5 Å². The van der Waals surface area contributed by atoms with Crippen LogP contribution in [-0.2, 0) is 6.54 Å². The number of ether oxygens (including phenoxy) is 2. The lowest BCUT2D eigenvalue weighted by Gasteiger charge is -2.18. The first-order valence-corrected chi connectivity index (χ1v) is 7.56. The highest BCUT2D eigenvalue weighted by atomic mass is 16.6. The van der Waals surface area contributed by atoms with E-state index in [4.69, 9.17) is 9.47 Å². The van der Waals surface area contributed by atoms with Crippen molar-refractivity contribution >= 4 is 11.7 Å². The average Bonchev–Trinajstić information content (AvgIpc) is 3.05. The van der Waals surface area contributed by atoms with Crippen molar-refractivity contribution in [2.75, 3.05) is 13.2 Å². The summed E-state index contributed by atoms with van der Waals surface area (Å²) in [5.74, 6) is 1.56. The molecule has 0 atom stereocenters. The van der Waals surface area contributed by atoms with Crippen LogP contribution in [-0.4, -0.2) is 38.7 Å². The maximum Gasteiger partial charge on any atom is 0.291 e. The van der Waals surface area contributed by atoms with E-state index in [9.17, 15) is 4.79 Å². The number of carbonyl (C=O) groups excluding carboxylic acids is 1. The maximum absolute atomic E-state index is 12.3. The number of aromatic nitrogens is 4. The quantitative estimate of drug-likeness (QED) is 0.776. The van der Waals surface area contributed by atoms with Crippen LogP contribution in [0.5, 0.6) is 11.5 Å². The number of amides is 1. The van der Waals surface area contributed by atoms with Gasteiger partial charge in [0.15, 0.2) is 11.5 Å². The molecule has 0 saturated carbocycles. The minimum atomic E-state index is -0.352. The molecule has 0 aliphatic carbocycles. The van der Waals surface area contributed by atoms with Crippen molar-refractivity contribution in [1.29, 1.82) is 0 Å². The summed E-state index contributed by atoms with van der Waals surface area (Å²) < 4.78 is 12.6. The highest BCUT2D eigenvalue weighted by Gasteiger charge is 2.15. The van der Waals surface area contributed by atoms with E-state index in [1.54, 1.807) is 16.8 Å². The fourth-order valence-corrected chi connectivity index (χ4v) is 2.46. The molecule has 1 aromatic carbocycles. The molecule has 0 radical (unpaired) electrons. The van der Waals surface area contributed by atoms with E-state index in [0.29, 0.717) is 31.3 Å². The zero-order valence-corrected chi connectivity index (χ0v) is 13.0. The molecule has 1 aliphatic rings. The largest absolute Gasteiger partial charge is 0.486 e. The third-order valence-corrected chi connectivity index (χ3v) is 3.69. The molecule has 4 rings (SSSR count). The van der Waals surface area contributed by atoms with Gasteiger partial charge in [0.1, 0.15) is 13.2 Å². The lowest BCUT2D eigenvalue weighted by molar-refractivity contribution is 0.0940. The Bertz CT molecular complexity index is 921. The molecule has 24 heavy (non-hydrogen) atoms. The number of carbonyl (C=O) groups is 1. The first-order valence-electron chi connectivity index (χ1n) is 7.56. The van der Waals surface area contributed by atoms with Gasteiger partial charge in [-0.1, -0.05) is 6.07 Å². The van der Waals surface area contributed by atoms with Crippen molar-refractivity contribution in [1.82, 2.24) is 24.9 Å². The van der Waals surface area contributed by atoms with Crippen LogP contribution >= 0.6 is 0 Å². The number of hydrogen-bond donors (Lipinski definition) is 1. The number of benzene rings is 1. The standard InChI is InChI=1S/C16H15N5O3/c1-10-4-5-17-16-19-14(20-21(10)16)15(22)18-9-11-2-3-12-13(8-11)24-7-6-23-12/h2-5,8H,6-7,9H2,1H3,(H,18,22). The maximum atomic E-state index is 12.3. The molecule has 3 aromatic rings. The monoisotopic (exact) mass is 325 g/mol. The number of nitrogens with one attached hydrogen (secondary N) is 1. The Morgan fingerprint density at radius 1 is 1.25 bits per heavy atom. The Hall–Kier alpha value is -3.16. The second-order valence-electron chi connectivity index (χ2n) is 5.39. The molecular weight excluding hydrogens is 310 g/mol. The molecule has 0 bridgehead atoms. The van der Waals surface area contributed by atoms with Gasteiger partial charge in [0.25, 0.3) is 11.7 Å². The van der Waals surface area contributed by atoms with Crippen LogP contribution in [0.1, 0.15) is 21.9 Å². The van der Waals surface area contributed by atoms with E-state index in [-0.39, 0.29) is 11.7 Å². The summed E-state index contributed by atoms with van der Waals surface area (Å²) in [4.78, 5) is 20.5. The van der Waals surface area contributed by atoms with Crippen molar-refractivity contribution < 1.29 is 14.3 Å². The van der Waals surface area contributed by atoms with E-state index in [0.717, 1.165) is 17.0 Å². The summed E-state index contributed by atoms with van der Waals surface area (Å²) in [6.07, 6.45) is 1.64. The molecule has 8 nitrogen and oxygen atoms in total. The van der Waals surface area contributed by atoms with Gasteiger partial charge in [-0.2, -0.15) is 4.98 Å². The van der Waals surface area contributed by atoms with Crippen LogP contribution in [0, 0.1) is 6.92 Å². The number of nitrogens with zero attached hydrogens (tertiary/aromatic N) is 4. The first-order chi connectivity index (χ1) is 11.7. The smallest absolute Gasteiger partial charge is 0.291 e. The van der Waals surface area contributed by atoms with Gasteiger partial charge in [-0.3, -0.25) is 4.79 Å². The molecule has 2 aromatic heterocycles. The van der Waals surface area contributed by atoms with Crippen LogP contribution in [0.4, 0.5) is 0 Å². The van der Waals surface area contributed by atoms with Gasteiger partial charge in [-0.05, 0) is 30.7 Å². The summed E-state index contributed by atoms with van der Waals surface area (Å²) in [6, 6.07) is 7.39. The predicted molar refractivity (Wildman–Crippen MR) is 84.1 cm³/mol. The normalized spacial score (nSPS) is 13.0. The van der Waals surface area contributed by atoms with Crippen LogP contribution < -0.4 is 14.8 Å². The third kappa shape index (κ3) is 2.62. The van der Waals surface area contributed by atoms with Gasteiger partial charge in [-0.15, -0.1) is 5.10 Å². The van der Waals surface area contributed by atoms with Crippen molar-refractivity contribution in [2.24, 2.45) is 0 Å². The molecular formula is C16H15N5O3. The fraction of sp³-hybridized carbons (Fsp3) is 0.250. The van der Waals surface area contributed by atoms with Gasteiger partial charge in [0.05, 0.1) is 0 Å². The van der Waals surface area contributed by atoms with Gasteiger partial charge in [0.2, 0.25) is 5.82 Å². The van der Waals surface area contributed by atoms with Crippen LogP contribution in [0.3, 0.4) is 0 Å². The second-order valence-corrected chi connectivity index (χ2v) is 5.39. The first kappa shape index (κ1) is 14.4. The Labute approximate surface area is 137 Å². The van der Waals surface area contributed by atoms with Crippen molar-refractivity contribution in [3.63, 3.8) is 0 Å². The molecule has 1 amide bonds. The summed E-state index contributed by atoms with van der Waals surface area (Å²) in [7, 11) is 0. The van der Waals surface area contributed by atoms with Crippen molar-refractivity contribution in [2.45, 2.75) is 13.5 Å². The summed E-state index contributed by atoms with van der Waals surface area (Å²) >= 11 is 0. The molecule has 1 aliphatic heterocycles. The van der Waals surface area contributed by atoms with E-state index in [1.165, 1.54) is 0 Å². The fourth-order valence-electron chi connectivity index (χ4n) is 2.46. The lowest BCUT2D eigenvalue weighted by atomic mass is 10.2. The van der Waals surface area contributed by atoms with E-state index in [2.05, 4.69) is 20.4 Å². The van der Waals surface area contributed by atoms with Crippen LogP contribution in [0.2, 0.25) is 0 Å². The molecule has 3 heterocycles. The molecule has 1 N–H and O–H groups in total. The van der Waals surface area contributed by atoms with E-state index in [1.807, 2.05) is 25.1 Å². The number of hydrogen-bond acceptors (Lipinski definition) is 6. The summed E-state index contributed by atoms with van der Waals surface area (Å²) in [6.45, 7) is 3.30. The molecule has 8 heteroatoms. The predicted octanol–water partition coefficient (Wildman–Crippen LogP) is 1.13. The second kappa shape index (κ2) is 5.80. The van der Waals surface area contributed by atoms with E-state index < -0.39 is 0 Å². The number of fused-ring (bicyclic) bond motifs is 2. The van der Waals surface area contributed by atoms with Crippen molar-refractivity contribution in [3.05, 3.63) is 47.5 Å². The Kier molecular flexibility index (Phi) is 3.49. The third-order valence-electron chi connectivity index (χ3n) is 3.69. The van der Waals surface area contributed by atoms with Gasteiger partial charge < -0.3 is 14.8 Å². The molecule has 0 unspecified atom stereocenters. The molecule has 0 fully saturated rings. The van der Waals surface area contributed by atoms with Gasteiger partial charge in [-0.25, -0.2) is 9.50 Å². The number of rotatable bonds is 3. The molecule has 122 valence electrons. The summed E-state index contributed by atoms with van der Waals surface area (Å²) in [5.41, 5.74) is 1.77. The Balaban J connectivity index is 1.48. The topological polar surface area (TPSA) is 90.6 Å². The van der Waals surface area contributed by atoms with E-state index >= 15 is 0 Å². The minimum absolute atomic E-state index is 0.0920. The number of aryl methyl sites for hydroxylation is 1. The highest BCUT2D eigenvalue weighted by molar-refractivity contribution is 5.90.